The molecule has 2 atom stereocenters. The third kappa shape index (κ3) is 7.15. The van der Waals surface area contributed by atoms with Crippen molar-refractivity contribution in [2.75, 3.05) is 13.2 Å². The van der Waals surface area contributed by atoms with Gasteiger partial charge in [-0.15, -0.1) is 0 Å². The fraction of sp³-hybridized carbons (Fsp3) is 1.00. The lowest BCUT2D eigenvalue weighted by Gasteiger charge is -2.48. The van der Waals surface area contributed by atoms with Gasteiger partial charge in [-0.3, -0.25) is 0 Å². The van der Waals surface area contributed by atoms with Crippen LogP contribution in [0, 0.1) is 22.7 Å². The zero-order valence-electron chi connectivity index (χ0n) is 18.4. The number of hydrogen-bond acceptors (Lipinski definition) is 2. The summed E-state index contributed by atoms with van der Waals surface area (Å²) < 4.78 is 0. The maximum atomic E-state index is 9.84. The van der Waals surface area contributed by atoms with Gasteiger partial charge >= 0.3 is 0 Å². The second-order valence-electron chi connectivity index (χ2n) is 9.56. The van der Waals surface area contributed by atoms with Crippen LogP contribution in [0.1, 0.15) is 118 Å². The predicted molar refractivity (Wildman–Crippen MR) is 113 cm³/mol. The second kappa shape index (κ2) is 12.4. The molecule has 0 aromatic carbocycles. The van der Waals surface area contributed by atoms with E-state index in [1.807, 2.05) is 0 Å². The van der Waals surface area contributed by atoms with Gasteiger partial charge in [0.1, 0.15) is 0 Å². The number of rotatable bonds is 14. The van der Waals surface area contributed by atoms with E-state index in [-0.39, 0.29) is 18.6 Å². The van der Waals surface area contributed by atoms with E-state index >= 15 is 0 Å². The first-order valence-electron chi connectivity index (χ1n) is 11.7. The molecule has 0 amide bonds. The minimum absolute atomic E-state index is 0.152. The van der Waals surface area contributed by atoms with E-state index in [9.17, 15) is 10.2 Å². The van der Waals surface area contributed by atoms with Gasteiger partial charge < -0.3 is 10.2 Å². The molecule has 0 aromatic heterocycles. The molecule has 1 aliphatic carbocycles. The number of aliphatic hydroxyl groups is 2. The summed E-state index contributed by atoms with van der Waals surface area (Å²) in [7, 11) is 0. The van der Waals surface area contributed by atoms with Crippen LogP contribution < -0.4 is 0 Å². The molecule has 0 radical (unpaired) electrons. The Morgan fingerprint density at radius 3 is 1.35 bits per heavy atom. The molecule has 0 saturated heterocycles. The maximum absolute atomic E-state index is 9.84. The van der Waals surface area contributed by atoms with Gasteiger partial charge in [0.15, 0.2) is 0 Å². The molecule has 0 bridgehead atoms. The normalized spacial score (nSPS) is 21.5. The highest BCUT2D eigenvalue weighted by Crippen LogP contribution is 2.53. The zero-order valence-corrected chi connectivity index (χ0v) is 18.4. The van der Waals surface area contributed by atoms with Crippen LogP contribution in [0.5, 0.6) is 0 Å². The molecule has 2 heteroatoms. The maximum Gasteiger partial charge on any atom is 0.0509 e. The van der Waals surface area contributed by atoms with Crippen molar-refractivity contribution in [2.24, 2.45) is 22.7 Å². The zero-order chi connectivity index (χ0) is 19.5. The molecule has 2 nitrogen and oxygen atoms in total. The molecule has 1 saturated carbocycles. The number of hydrogen-bond donors (Lipinski definition) is 2. The summed E-state index contributed by atoms with van der Waals surface area (Å²) in [4.78, 5) is 0. The first kappa shape index (κ1) is 24.0. The van der Waals surface area contributed by atoms with Gasteiger partial charge in [-0.1, -0.05) is 79.1 Å². The average Bonchev–Trinajstić information content (AvgIpc) is 2.69. The minimum atomic E-state index is -0.209. The van der Waals surface area contributed by atoms with Crippen LogP contribution in [0.2, 0.25) is 0 Å². The molecule has 2 unspecified atom stereocenters. The first-order valence-corrected chi connectivity index (χ1v) is 11.7. The number of unbranched alkanes of at least 4 members (excludes halogenated alkanes) is 2. The molecule has 1 fully saturated rings. The molecule has 0 aliphatic heterocycles. The molecule has 1 aliphatic rings. The van der Waals surface area contributed by atoms with Crippen LogP contribution >= 0.6 is 0 Å². The van der Waals surface area contributed by atoms with E-state index in [2.05, 4.69) is 27.7 Å². The molecule has 0 aromatic rings. The summed E-state index contributed by atoms with van der Waals surface area (Å²) in [6, 6.07) is 0. The van der Waals surface area contributed by atoms with E-state index in [0.29, 0.717) is 5.41 Å². The van der Waals surface area contributed by atoms with Crippen LogP contribution in [0.25, 0.3) is 0 Å². The lowest BCUT2D eigenvalue weighted by molar-refractivity contribution is -0.0306. The third-order valence-electron chi connectivity index (χ3n) is 7.57. The first-order chi connectivity index (χ1) is 12.5. The van der Waals surface area contributed by atoms with E-state index in [4.69, 9.17) is 0 Å². The summed E-state index contributed by atoms with van der Waals surface area (Å²) in [6.45, 7) is 9.66. The SMILES string of the molecule is CCCCC(CC)CC1(CC(CC)CCCC)CCC(CO)(CO)CC1. The van der Waals surface area contributed by atoms with Gasteiger partial charge in [0.05, 0.1) is 13.2 Å². The third-order valence-corrected chi connectivity index (χ3v) is 7.57. The van der Waals surface area contributed by atoms with Gasteiger partial charge in [-0.05, 0) is 55.8 Å². The van der Waals surface area contributed by atoms with Gasteiger partial charge in [0.2, 0.25) is 0 Å². The van der Waals surface area contributed by atoms with Crippen LogP contribution in [0.15, 0.2) is 0 Å². The summed E-state index contributed by atoms with van der Waals surface area (Å²) in [5.41, 5.74) is 0.246. The Balaban J connectivity index is 2.87. The average molecular weight is 369 g/mol. The Morgan fingerprint density at radius 2 is 1.04 bits per heavy atom. The smallest absolute Gasteiger partial charge is 0.0509 e. The molecule has 156 valence electrons. The molecular weight excluding hydrogens is 320 g/mol. The Kier molecular flexibility index (Phi) is 11.4. The molecular formula is C24H48O2. The molecule has 0 spiro atoms. The Morgan fingerprint density at radius 1 is 0.654 bits per heavy atom. The van der Waals surface area contributed by atoms with Gasteiger partial charge in [-0.25, -0.2) is 0 Å². The van der Waals surface area contributed by atoms with Crippen molar-refractivity contribution in [3.63, 3.8) is 0 Å². The Hall–Kier alpha value is -0.0800. The van der Waals surface area contributed by atoms with Crippen molar-refractivity contribution in [3.05, 3.63) is 0 Å². The highest BCUT2D eigenvalue weighted by molar-refractivity contribution is 4.94. The fourth-order valence-corrected chi connectivity index (χ4v) is 5.28. The van der Waals surface area contributed by atoms with Gasteiger partial charge in [0.25, 0.3) is 0 Å². The van der Waals surface area contributed by atoms with Crippen LogP contribution in [0.4, 0.5) is 0 Å². The highest BCUT2D eigenvalue weighted by Gasteiger charge is 2.43. The van der Waals surface area contributed by atoms with E-state index in [1.165, 1.54) is 77.0 Å². The van der Waals surface area contributed by atoms with Gasteiger partial charge in [-0.2, -0.15) is 0 Å². The van der Waals surface area contributed by atoms with Crippen LogP contribution in [0.3, 0.4) is 0 Å². The Bertz CT molecular complexity index is 318. The molecule has 2 N–H and O–H groups in total. The topological polar surface area (TPSA) is 40.5 Å². The summed E-state index contributed by atoms with van der Waals surface area (Å²) >= 11 is 0. The van der Waals surface area contributed by atoms with Gasteiger partial charge in [0, 0.05) is 5.41 Å². The van der Waals surface area contributed by atoms with Crippen molar-refractivity contribution in [2.45, 2.75) is 118 Å². The standard InChI is InChI=1S/C24H48O2/c1-5-9-11-21(7-3)17-23(18-22(8-4)12-10-6-2)13-15-24(19-25,20-26)16-14-23/h21-22,25-26H,5-20H2,1-4H3. The number of aliphatic hydroxyl groups excluding tert-OH is 2. The van der Waals surface area contributed by atoms with Crippen molar-refractivity contribution in [1.82, 2.24) is 0 Å². The summed E-state index contributed by atoms with van der Waals surface area (Å²) in [5.74, 6) is 1.71. The quantitative estimate of drug-likeness (QED) is 0.357. The monoisotopic (exact) mass is 368 g/mol. The van der Waals surface area contributed by atoms with E-state index in [1.54, 1.807) is 0 Å². The lowest BCUT2D eigenvalue weighted by Crippen LogP contribution is -2.40. The second-order valence-corrected chi connectivity index (χ2v) is 9.56. The largest absolute Gasteiger partial charge is 0.396 e. The summed E-state index contributed by atoms with van der Waals surface area (Å²) in [6.07, 6.45) is 17.9. The van der Waals surface area contributed by atoms with Crippen LogP contribution in [-0.4, -0.2) is 23.4 Å². The Labute approximate surface area is 164 Å². The van der Waals surface area contributed by atoms with Crippen molar-refractivity contribution in [1.29, 1.82) is 0 Å². The lowest BCUT2D eigenvalue weighted by atomic mass is 9.58. The van der Waals surface area contributed by atoms with Crippen LogP contribution in [-0.2, 0) is 0 Å². The minimum Gasteiger partial charge on any atom is -0.396 e. The van der Waals surface area contributed by atoms with Crippen molar-refractivity contribution >= 4 is 0 Å². The predicted octanol–water partition coefficient (Wildman–Crippen LogP) is 6.73. The van der Waals surface area contributed by atoms with Crippen molar-refractivity contribution < 1.29 is 10.2 Å². The van der Waals surface area contributed by atoms with Crippen molar-refractivity contribution in [3.8, 4) is 0 Å². The van der Waals surface area contributed by atoms with E-state index < -0.39 is 0 Å². The fourth-order valence-electron chi connectivity index (χ4n) is 5.28. The highest BCUT2D eigenvalue weighted by atomic mass is 16.3. The van der Waals surface area contributed by atoms with E-state index in [0.717, 1.165) is 24.7 Å². The molecule has 26 heavy (non-hydrogen) atoms. The molecule has 1 rings (SSSR count). The summed E-state index contributed by atoms with van der Waals surface area (Å²) in [5, 5.41) is 19.7. The molecule has 0 heterocycles.